The number of amides is 1. The Bertz CT molecular complexity index is 668. The number of alkyl halides is 3. The Morgan fingerprint density at radius 3 is 2.33 bits per heavy atom. The lowest BCUT2D eigenvalue weighted by molar-refractivity contribution is -0.145. The molecule has 0 aliphatic rings. The molecule has 1 heterocycles. The SMILES string of the molecule is NC(=O)Cc1c(F)cccc1-c1cnc(C(F)(F)F)nc1. The number of hydrogen-bond acceptors (Lipinski definition) is 3. The van der Waals surface area contributed by atoms with E-state index in [1.165, 1.54) is 12.1 Å². The number of primary amides is 1. The fourth-order valence-corrected chi connectivity index (χ4v) is 1.80. The van der Waals surface area contributed by atoms with Crippen molar-refractivity contribution < 1.29 is 22.4 Å². The molecule has 2 rings (SSSR count). The zero-order valence-corrected chi connectivity index (χ0v) is 10.5. The van der Waals surface area contributed by atoms with Crippen molar-refractivity contribution in [2.45, 2.75) is 12.6 Å². The lowest BCUT2D eigenvalue weighted by atomic mass is 9.99. The van der Waals surface area contributed by atoms with Gasteiger partial charge in [-0.05, 0) is 11.6 Å². The van der Waals surface area contributed by atoms with Gasteiger partial charge in [-0.3, -0.25) is 4.79 Å². The third-order valence-corrected chi connectivity index (χ3v) is 2.69. The number of nitrogens with zero attached hydrogens (tertiary/aromatic N) is 2. The highest BCUT2D eigenvalue weighted by Gasteiger charge is 2.34. The largest absolute Gasteiger partial charge is 0.451 e. The number of hydrogen-bond donors (Lipinski definition) is 1. The second kappa shape index (κ2) is 5.47. The highest BCUT2D eigenvalue weighted by molar-refractivity contribution is 5.80. The Kier molecular flexibility index (Phi) is 3.88. The van der Waals surface area contributed by atoms with Crippen LogP contribution >= 0.6 is 0 Å². The molecule has 2 N–H and O–H groups in total. The quantitative estimate of drug-likeness (QED) is 0.884. The maximum absolute atomic E-state index is 13.7. The van der Waals surface area contributed by atoms with Gasteiger partial charge in [0.15, 0.2) is 0 Å². The summed E-state index contributed by atoms with van der Waals surface area (Å²) in [6, 6.07) is 3.95. The number of carbonyl (C=O) groups is 1. The second-order valence-electron chi connectivity index (χ2n) is 4.20. The van der Waals surface area contributed by atoms with Crippen LogP contribution in [0.1, 0.15) is 11.4 Å². The minimum atomic E-state index is -4.66. The summed E-state index contributed by atoms with van der Waals surface area (Å²) in [6.45, 7) is 0. The van der Waals surface area contributed by atoms with Crippen molar-refractivity contribution in [3.63, 3.8) is 0 Å². The molecule has 1 aromatic carbocycles. The topological polar surface area (TPSA) is 68.9 Å². The van der Waals surface area contributed by atoms with Crippen LogP contribution in [0.15, 0.2) is 30.6 Å². The van der Waals surface area contributed by atoms with E-state index in [2.05, 4.69) is 9.97 Å². The van der Waals surface area contributed by atoms with Gasteiger partial charge >= 0.3 is 6.18 Å². The minimum Gasteiger partial charge on any atom is -0.369 e. The number of rotatable bonds is 3. The normalized spacial score (nSPS) is 11.4. The third-order valence-electron chi connectivity index (χ3n) is 2.69. The van der Waals surface area contributed by atoms with Crippen molar-refractivity contribution in [3.05, 3.63) is 47.8 Å². The fraction of sp³-hybridized carbons (Fsp3) is 0.154. The highest BCUT2D eigenvalue weighted by Crippen LogP contribution is 2.29. The molecule has 0 unspecified atom stereocenters. The molecular formula is C13H9F4N3O. The molecule has 0 saturated carbocycles. The van der Waals surface area contributed by atoms with E-state index >= 15 is 0 Å². The maximum Gasteiger partial charge on any atom is 0.451 e. The van der Waals surface area contributed by atoms with Gasteiger partial charge in [-0.1, -0.05) is 12.1 Å². The molecule has 1 amide bonds. The van der Waals surface area contributed by atoms with Crippen LogP contribution < -0.4 is 5.73 Å². The molecule has 0 radical (unpaired) electrons. The Morgan fingerprint density at radius 1 is 1.19 bits per heavy atom. The summed E-state index contributed by atoms with van der Waals surface area (Å²) in [5, 5.41) is 0. The molecule has 0 saturated heterocycles. The van der Waals surface area contributed by atoms with Crippen LogP contribution in [0.4, 0.5) is 17.6 Å². The molecule has 0 aliphatic carbocycles. The summed E-state index contributed by atoms with van der Waals surface area (Å²) >= 11 is 0. The van der Waals surface area contributed by atoms with Crippen molar-refractivity contribution in [1.82, 2.24) is 9.97 Å². The van der Waals surface area contributed by atoms with Gasteiger partial charge in [-0.15, -0.1) is 0 Å². The van der Waals surface area contributed by atoms with Crippen LogP contribution in [-0.2, 0) is 17.4 Å². The Morgan fingerprint density at radius 2 is 1.81 bits per heavy atom. The molecule has 0 spiro atoms. The van der Waals surface area contributed by atoms with E-state index in [1.807, 2.05) is 0 Å². The van der Waals surface area contributed by atoms with E-state index in [-0.39, 0.29) is 23.1 Å². The van der Waals surface area contributed by atoms with E-state index in [0.717, 1.165) is 18.5 Å². The number of halogens is 4. The Balaban J connectivity index is 2.47. The average molecular weight is 299 g/mol. The molecule has 1 aromatic heterocycles. The van der Waals surface area contributed by atoms with Crippen LogP contribution in [0.5, 0.6) is 0 Å². The summed E-state index contributed by atoms with van der Waals surface area (Å²) < 4.78 is 50.9. The lowest BCUT2D eigenvalue weighted by Gasteiger charge is -2.10. The molecule has 0 aliphatic heterocycles. The van der Waals surface area contributed by atoms with Crippen molar-refractivity contribution in [3.8, 4) is 11.1 Å². The summed E-state index contributed by atoms with van der Waals surface area (Å²) in [6.07, 6.45) is -3.18. The van der Waals surface area contributed by atoms with Gasteiger partial charge in [0.2, 0.25) is 11.7 Å². The molecule has 4 nitrogen and oxygen atoms in total. The lowest BCUT2D eigenvalue weighted by Crippen LogP contribution is -2.15. The van der Waals surface area contributed by atoms with Crippen LogP contribution in [0.3, 0.4) is 0 Å². The van der Waals surface area contributed by atoms with E-state index in [9.17, 15) is 22.4 Å². The first-order valence-corrected chi connectivity index (χ1v) is 5.74. The number of carbonyl (C=O) groups excluding carboxylic acids is 1. The first-order valence-electron chi connectivity index (χ1n) is 5.74. The zero-order valence-electron chi connectivity index (χ0n) is 10.5. The van der Waals surface area contributed by atoms with Gasteiger partial charge in [0, 0.05) is 23.5 Å². The predicted molar refractivity (Wildman–Crippen MR) is 65.3 cm³/mol. The Hall–Kier alpha value is -2.51. The molecular weight excluding hydrogens is 290 g/mol. The summed E-state index contributed by atoms with van der Waals surface area (Å²) in [7, 11) is 0. The molecule has 0 fully saturated rings. The zero-order chi connectivity index (χ0) is 15.6. The second-order valence-corrected chi connectivity index (χ2v) is 4.20. The first kappa shape index (κ1) is 14.9. The monoisotopic (exact) mass is 299 g/mol. The van der Waals surface area contributed by atoms with E-state index < -0.39 is 23.7 Å². The van der Waals surface area contributed by atoms with Crippen molar-refractivity contribution >= 4 is 5.91 Å². The van der Waals surface area contributed by atoms with Crippen molar-refractivity contribution in [2.24, 2.45) is 5.73 Å². The minimum absolute atomic E-state index is 0.00615. The van der Waals surface area contributed by atoms with Gasteiger partial charge in [0.25, 0.3) is 0 Å². The highest BCUT2D eigenvalue weighted by atomic mass is 19.4. The van der Waals surface area contributed by atoms with E-state index in [0.29, 0.717) is 0 Å². The molecule has 110 valence electrons. The van der Waals surface area contributed by atoms with E-state index in [4.69, 9.17) is 5.73 Å². The van der Waals surface area contributed by atoms with Crippen LogP contribution in [0.2, 0.25) is 0 Å². The van der Waals surface area contributed by atoms with Crippen molar-refractivity contribution in [2.75, 3.05) is 0 Å². The number of nitrogens with two attached hydrogens (primary N) is 1. The molecule has 21 heavy (non-hydrogen) atoms. The van der Waals surface area contributed by atoms with Gasteiger partial charge in [-0.25, -0.2) is 14.4 Å². The standard InChI is InChI=1S/C13H9F4N3O/c14-10-3-1-2-8(9(10)4-11(18)21)7-5-19-12(20-6-7)13(15,16)17/h1-3,5-6H,4H2,(H2,18,21). The van der Waals surface area contributed by atoms with E-state index in [1.54, 1.807) is 0 Å². The van der Waals surface area contributed by atoms with Crippen molar-refractivity contribution in [1.29, 1.82) is 0 Å². The van der Waals surface area contributed by atoms with Gasteiger partial charge in [0.05, 0.1) is 6.42 Å². The fourth-order valence-electron chi connectivity index (χ4n) is 1.80. The van der Waals surface area contributed by atoms with Crippen LogP contribution in [0.25, 0.3) is 11.1 Å². The van der Waals surface area contributed by atoms with Gasteiger partial charge in [-0.2, -0.15) is 13.2 Å². The molecule has 0 bridgehead atoms. The predicted octanol–water partition coefficient (Wildman–Crippen LogP) is 2.33. The maximum atomic E-state index is 13.7. The third kappa shape index (κ3) is 3.33. The van der Waals surface area contributed by atoms with Crippen LogP contribution in [0, 0.1) is 5.82 Å². The number of aromatic nitrogens is 2. The molecule has 8 heteroatoms. The average Bonchev–Trinajstić information content (AvgIpc) is 2.40. The number of benzene rings is 1. The summed E-state index contributed by atoms with van der Waals surface area (Å²) in [5.41, 5.74) is 5.42. The van der Waals surface area contributed by atoms with Gasteiger partial charge in [0.1, 0.15) is 5.82 Å². The summed E-state index contributed by atoms with van der Waals surface area (Å²) in [4.78, 5) is 17.4. The molecule has 2 aromatic rings. The first-order chi connectivity index (χ1) is 9.79. The van der Waals surface area contributed by atoms with Gasteiger partial charge < -0.3 is 5.73 Å². The summed E-state index contributed by atoms with van der Waals surface area (Å²) in [5.74, 6) is -2.72. The molecule has 0 atom stereocenters. The van der Waals surface area contributed by atoms with Crippen LogP contribution in [-0.4, -0.2) is 15.9 Å². The smallest absolute Gasteiger partial charge is 0.369 e. The Labute approximate surface area is 116 Å².